The van der Waals surface area contributed by atoms with Crippen LogP contribution in [0.15, 0.2) is 41.6 Å². The molecule has 0 aliphatic carbocycles. The summed E-state index contributed by atoms with van der Waals surface area (Å²) in [7, 11) is 0. The van der Waals surface area contributed by atoms with Gasteiger partial charge in [0.25, 0.3) is 5.56 Å². The van der Waals surface area contributed by atoms with E-state index in [0.29, 0.717) is 11.3 Å². The van der Waals surface area contributed by atoms with E-state index in [1.54, 1.807) is 37.5 Å². The molecule has 0 aliphatic rings. The van der Waals surface area contributed by atoms with Crippen molar-refractivity contribution in [1.29, 1.82) is 0 Å². The van der Waals surface area contributed by atoms with E-state index >= 15 is 0 Å². The highest BCUT2D eigenvalue weighted by Gasteiger charge is 2.14. The van der Waals surface area contributed by atoms with Gasteiger partial charge < -0.3 is 5.11 Å². The van der Waals surface area contributed by atoms with E-state index < -0.39 is 11.5 Å². The number of carboxylic acids is 1. The summed E-state index contributed by atoms with van der Waals surface area (Å²) >= 11 is 0. The Morgan fingerprint density at radius 3 is 2.76 bits per heavy atom. The lowest BCUT2D eigenvalue weighted by molar-refractivity contribution is 0.0694. The zero-order valence-corrected chi connectivity index (χ0v) is 9.12. The van der Waals surface area contributed by atoms with Gasteiger partial charge in [0.2, 0.25) is 0 Å². The van der Waals surface area contributed by atoms with Crippen LogP contribution in [0.4, 0.5) is 0 Å². The van der Waals surface area contributed by atoms with Crippen LogP contribution in [0.5, 0.6) is 0 Å². The molecule has 2 aromatic heterocycles. The molecule has 0 saturated heterocycles. The maximum absolute atomic E-state index is 12.0. The van der Waals surface area contributed by atoms with Gasteiger partial charge in [0.15, 0.2) is 0 Å². The summed E-state index contributed by atoms with van der Waals surface area (Å²) in [5.74, 6) is -1.22. The molecular weight excluding hydrogens is 220 g/mol. The highest BCUT2D eigenvalue weighted by atomic mass is 16.4. The third-order valence-electron chi connectivity index (χ3n) is 2.44. The van der Waals surface area contributed by atoms with E-state index in [9.17, 15) is 9.59 Å². The second-order valence-corrected chi connectivity index (χ2v) is 3.57. The average molecular weight is 230 g/mol. The van der Waals surface area contributed by atoms with Crippen molar-refractivity contribution in [3.8, 4) is 5.69 Å². The Labute approximate surface area is 97.0 Å². The van der Waals surface area contributed by atoms with E-state index in [4.69, 9.17) is 5.11 Å². The summed E-state index contributed by atoms with van der Waals surface area (Å²) in [5.41, 5.74) is 0.226. The molecule has 2 heterocycles. The summed E-state index contributed by atoms with van der Waals surface area (Å²) in [6, 6.07) is 4.97. The average Bonchev–Trinajstić information content (AvgIpc) is 2.30. The number of nitrogens with zero attached hydrogens (tertiary/aromatic N) is 2. The molecule has 5 nitrogen and oxygen atoms in total. The molecule has 5 heteroatoms. The fourth-order valence-corrected chi connectivity index (χ4v) is 1.59. The number of pyridine rings is 2. The lowest BCUT2D eigenvalue weighted by atomic mass is 10.1. The van der Waals surface area contributed by atoms with Crippen molar-refractivity contribution in [2.24, 2.45) is 0 Å². The number of aryl methyl sites for hydroxylation is 1. The Bertz CT molecular complexity index is 617. The second-order valence-electron chi connectivity index (χ2n) is 3.57. The number of carboxylic acid groups (broad SMARTS) is 1. The molecule has 0 spiro atoms. The minimum atomic E-state index is -1.22. The zero-order chi connectivity index (χ0) is 12.4. The quantitative estimate of drug-likeness (QED) is 0.842. The van der Waals surface area contributed by atoms with Crippen LogP contribution in [0.1, 0.15) is 15.9 Å². The highest BCUT2D eigenvalue weighted by molar-refractivity contribution is 5.88. The first-order valence-electron chi connectivity index (χ1n) is 4.97. The maximum Gasteiger partial charge on any atom is 0.341 e. The smallest absolute Gasteiger partial charge is 0.341 e. The predicted octanol–water partition coefficient (Wildman–Crippen LogP) is 1.24. The molecule has 86 valence electrons. The summed E-state index contributed by atoms with van der Waals surface area (Å²) < 4.78 is 1.27. The van der Waals surface area contributed by atoms with E-state index in [1.807, 2.05) is 0 Å². The second kappa shape index (κ2) is 4.21. The van der Waals surface area contributed by atoms with E-state index in [-0.39, 0.29) is 5.56 Å². The third-order valence-corrected chi connectivity index (χ3v) is 2.44. The fraction of sp³-hybridized carbons (Fsp3) is 0.0833. The summed E-state index contributed by atoms with van der Waals surface area (Å²) in [6.45, 7) is 1.60. The van der Waals surface area contributed by atoms with Crippen molar-refractivity contribution < 1.29 is 9.90 Å². The molecule has 0 aliphatic heterocycles. The number of carbonyl (C=O) groups is 1. The van der Waals surface area contributed by atoms with Crippen LogP contribution < -0.4 is 5.56 Å². The van der Waals surface area contributed by atoms with Gasteiger partial charge in [0.1, 0.15) is 5.56 Å². The van der Waals surface area contributed by atoms with Crippen molar-refractivity contribution in [2.45, 2.75) is 6.92 Å². The summed E-state index contributed by atoms with van der Waals surface area (Å²) in [4.78, 5) is 26.9. The molecule has 2 rings (SSSR count). The summed E-state index contributed by atoms with van der Waals surface area (Å²) in [5, 5.41) is 8.99. The van der Waals surface area contributed by atoms with E-state index in [1.165, 1.54) is 10.8 Å². The largest absolute Gasteiger partial charge is 0.477 e. The lowest BCUT2D eigenvalue weighted by Crippen LogP contribution is -2.26. The molecule has 2 aromatic rings. The van der Waals surface area contributed by atoms with Gasteiger partial charge in [-0.1, -0.05) is 0 Å². The van der Waals surface area contributed by atoms with Gasteiger partial charge in [-0.25, -0.2) is 4.79 Å². The van der Waals surface area contributed by atoms with Crippen LogP contribution in [0.25, 0.3) is 5.69 Å². The Hall–Kier alpha value is -2.43. The molecule has 0 atom stereocenters. The van der Waals surface area contributed by atoms with Crippen molar-refractivity contribution in [3.63, 3.8) is 0 Å². The van der Waals surface area contributed by atoms with Gasteiger partial charge in [-0.15, -0.1) is 0 Å². The molecule has 0 aromatic carbocycles. The number of aromatic carboxylic acids is 1. The Kier molecular flexibility index (Phi) is 2.74. The first-order valence-corrected chi connectivity index (χ1v) is 4.97. The van der Waals surface area contributed by atoms with Gasteiger partial charge in [-0.2, -0.15) is 0 Å². The van der Waals surface area contributed by atoms with Gasteiger partial charge in [-0.05, 0) is 30.7 Å². The highest BCUT2D eigenvalue weighted by Crippen LogP contribution is 2.06. The Morgan fingerprint density at radius 2 is 2.18 bits per heavy atom. The lowest BCUT2D eigenvalue weighted by Gasteiger charge is -2.07. The molecule has 0 bridgehead atoms. The standard InChI is InChI=1S/C12H10N2O3/c1-8-4-6-14(9-3-2-5-13-7-9)11(15)10(8)12(16)17/h2-7H,1H3,(H,16,17). The molecule has 0 unspecified atom stereocenters. The minimum Gasteiger partial charge on any atom is -0.477 e. The third kappa shape index (κ3) is 1.94. The predicted molar refractivity (Wildman–Crippen MR) is 61.5 cm³/mol. The SMILES string of the molecule is Cc1ccn(-c2cccnc2)c(=O)c1C(=O)O. The minimum absolute atomic E-state index is 0.212. The van der Waals surface area contributed by atoms with Gasteiger partial charge in [0, 0.05) is 12.4 Å². The fourth-order valence-electron chi connectivity index (χ4n) is 1.59. The summed E-state index contributed by atoms with van der Waals surface area (Å²) in [6.07, 6.45) is 4.63. The van der Waals surface area contributed by atoms with Crippen LogP contribution >= 0.6 is 0 Å². The van der Waals surface area contributed by atoms with E-state index in [0.717, 1.165) is 0 Å². The molecule has 0 amide bonds. The number of aromatic nitrogens is 2. The van der Waals surface area contributed by atoms with Crippen molar-refractivity contribution >= 4 is 5.97 Å². The number of rotatable bonds is 2. The Balaban J connectivity index is 2.71. The van der Waals surface area contributed by atoms with Crippen molar-refractivity contribution in [3.05, 3.63) is 58.3 Å². The van der Waals surface area contributed by atoms with E-state index in [2.05, 4.69) is 4.98 Å². The molecule has 0 radical (unpaired) electrons. The normalized spacial score (nSPS) is 10.2. The topological polar surface area (TPSA) is 72.2 Å². The van der Waals surface area contributed by atoms with Crippen LogP contribution in [0.2, 0.25) is 0 Å². The molecule has 17 heavy (non-hydrogen) atoms. The van der Waals surface area contributed by atoms with Crippen LogP contribution in [0, 0.1) is 6.92 Å². The molecule has 0 fully saturated rings. The van der Waals surface area contributed by atoms with Crippen molar-refractivity contribution in [2.75, 3.05) is 0 Å². The van der Waals surface area contributed by atoms with Crippen LogP contribution in [-0.2, 0) is 0 Å². The zero-order valence-electron chi connectivity index (χ0n) is 9.12. The monoisotopic (exact) mass is 230 g/mol. The van der Waals surface area contributed by atoms with Gasteiger partial charge in [0.05, 0.1) is 11.9 Å². The van der Waals surface area contributed by atoms with Crippen molar-refractivity contribution in [1.82, 2.24) is 9.55 Å². The maximum atomic E-state index is 12.0. The number of hydrogen-bond acceptors (Lipinski definition) is 3. The Morgan fingerprint density at radius 1 is 1.41 bits per heavy atom. The number of hydrogen-bond donors (Lipinski definition) is 1. The van der Waals surface area contributed by atoms with Crippen LogP contribution in [0.3, 0.4) is 0 Å². The molecular formula is C12H10N2O3. The first-order chi connectivity index (χ1) is 8.11. The van der Waals surface area contributed by atoms with Gasteiger partial charge in [-0.3, -0.25) is 14.3 Å². The molecule has 1 N–H and O–H groups in total. The van der Waals surface area contributed by atoms with Gasteiger partial charge >= 0.3 is 5.97 Å². The first kappa shape index (κ1) is 11.1. The molecule has 0 saturated carbocycles. The van der Waals surface area contributed by atoms with Crippen LogP contribution in [-0.4, -0.2) is 20.6 Å².